The lowest BCUT2D eigenvalue weighted by atomic mass is 10.1. The van der Waals surface area contributed by atoms with Crippen LogP contribution in [0, 0.1) is 0 Å². The van der Waals surface area contributed by atoms with E-state index in [9.17, 15) is 9.59 Å². The quantitative estimate of drug-likeness (QED) is 0.816. The van der Waals surface area contributed by atoms with Crippen LogP contribution in [0.1, 0.15) is 17.3 Å². The van der Waals surface area contributed by atoms with Crippen LogP contribution in [0.4, 0.5) is 10.5 Å². The van der Waals surface area contributed by atoms with Crippen LogP contribution in [-0.2, 0) is 4.74 Å². The number of amides is 2. The number of methoxy groups -OCH3 is 1. The van der Waals surface area contributed by atoms with Crippen molar-refractivity contribution in [1.29, 1.82) is 0 Å². The van der Waals surface area contributed by atoms with Gasteiger partial charge < -0.3 is 10.1 Å². The largest absolute Gasteiger partial charge is 0.453 e. The lowest BCUT2D eigenvalue weighted by Gasteiger charge is -2.09. The number of hydrogen-bond acceptors (Lipinski definition) is 3. The summed E-state index contributed by atoms with van der Waals surface area (Å²) in [4.78, 5) is 22.7. The first-order valence-corrected chi connectivity index (χ1v) is 4.91. The van der Waals surface area contributed by atoms with Gasteiger partial charge in [0.05, 0.1) is 18.4 Å². The number of para-hydroxylation sites is 1. The highest BCUT2D eigenvalue weighted by atomic mass is 16.5. The molecule has 0 radical (unpaired) electrons. The molecule has 16 heavy (non-hydrogen) atoms. The average Bonchev–Trinajstić information content (AvgIpc) is 2.30. The molecular weight excluding hydrogens is 208 g/mol. The third kappa shape index (κ3) is 2.98. The molecular formula is C11H14N2O3. The van der Waals surface area contributed by atoms with Crippen LogP contribution in [0.25, 0.3) is 0 Å². The topological polar surface area (TPSA) is 67.4 Å². The second kappa shape index (κ2) is 5.75. The Morgan fingerprint density at radius 3 is 2.62 bits per heavy atom. The van der Waals surface area contributed by atoms with Crippen molar-refractivity contribution in [2.24, 2.45) is 0 Å². The first kappa shape index (κ1) is 12.0. The number of carbonyl (C=O) groups is 2. The van der Waals surface area contributed by atoms with Crippen molar-refractivity contribution < 1.29 is 14.3 Å². The summed E-state index contributed by atoms with van der Waals surface area (Å²) in [5.41, 5.74) is 0.843. The van der Waals surface area contributed by atoms with Gasteiger partial charge in [-0.25, -0.2) is 4.79 Å². The number of ether oxygens (including phenoxy) is 1. The predicted molar refractivity (Wildman–Crippen MR) is 60.5 cm³/mol. The van der Waals surface area contributed by atoms with Crippen LogP contribution in [0.15, 0.2) is 24.3 Å². The molecule has 0 saturated carbocycles. The van der Waals surface area contributed by atoms with Crippen molar-refractivity contribution in [3.63, 3.8) is 0 Å². The minimum atomic E-state index is -0.600. The Kier molecular flexibility index (Phi) is 4.32. The van der Waals surface area contributed by atoms with Gasteiger partial charge in [-0.05, 0) is 19.1 Å². The minimum absolute atomic E-state index is 0.227. The zero-order chi connectivity index (χ0) is 12.0. The Hall–Kier alpha value is -2.04. The molecule has 0 spiro atoms. The maximum absolute atomic E-state index is 11.6. The van der Waals surface area contributed by atoms with Gasteiger partial charge in [-0.15, -0.1) is 0 Å². The van der Waals surface area contributed by atoms with E-state index in [1.807, 2.05) is 6.92 Å². The van der Waals surface area contributed by atoms with Gasteiger partial charge in [0.2, 0.25) is 0 Å². The summed E-state index contributed by atoms with van der Waals surface area (Å²) < 4.78 is 4.47. The van der Waals surface area contributed by atoms with E-state index in [0.717, 1.165) is 0 Å². The molecule has 1 rings (SSSR count). The second-order valence-electron chi connectivity index (χ2n) is 3.02. The molecule has 0 fully saturated rings. The van der Waals surface area contributed by atoms with Crippen molar-refractivity contribution >= 4 is 17.7 Å². The molecule has 0 aliphatic carbocycles. The van der Waals surface area contributed by atoms with Crippen LogP contribution in [0.3, 0.4) is 0 Å². The standard InChI is InChI=1S/C11H14N2O3/c1-3-12-10(14)8-6-4-5-7-9(8)13-11(15)16-2/h4-7H,3H2,1-2H3,(H,12,14)(H,13,15). The molecule has 0 saturated heterocycles. The van der Waals surface area contributed by atoms with E-state index >= 15 is 0 Å². The van der Waals surface area contributed by atoms with Gasteiger partial charge in [0.15, 0.2) is 0 Å². The normalized spacial score (nSPS) is 9.38. The average molecular weight is 222 g/mol. The molecule has 1 aromatic rings. The van der Waals surface area contributed by atoms with Gasteiger partial charge in [0.1, 0.15) is 0 Å². The summed E-state index contributed by atoms with van der Waals surface area (Å²) in [5, 5.41) is 5.14. The number of benzene rings is 1. The van der Waals surface area contributed by atoms with E-state index in [4.69, 9.17) is 0 Å². The van der Waals surface area contributed by atoms with Gasteiger partial charge in [-0.2, -0.15) is 0 Å². The summed E-state index contributed by atoms with van der Waals surface area (Å²) in [6.45, 7) is 2.36. The zero-order valence-corrected chi connectivity index (χ0v) is 9.24. The Balaban J connectivity index is 2.91. The summed E-state index contributed by atoms with van der Waals surface area (Å²) in [6, 6.07) is 6.73. The fourth-order valence-electron chi connectivity index (χ4n) is 1.21. The third-order valence-corrected chi connectivity index (χ3v) is 1.93. The van der Waals surface area contributed by atoms with Crippen molar-refractivity contribution in [3.05, 3.63) is 29.8 Å². The Morgan fingerprint density at radius 2 is 2.00 bits per heavy atom. The minimum Gasteiger partial charge on any atom is -0.453 e. The molecule has 5 nitrogen and oxygen atoms in total. The number of rotatable bonds is 3. The van der Waals surface area contributed by atoms with Gasteiger partial charge in [0, 0.05) is 6.54 Å². The molecule has 2 N–H and O–H groups in total. The number of hydrogen-bond donors (Lipinski definition) is 2. The number of nitrogens with one attached hydrogen (secondary N) is 2. The lowest BCUT2D eigenvalue weighted by molar-refractivity contribution is 0.0956. The summed E-state index contributed by atoms with van der Waals surface area (Å²) in [5.74, 6) is -0.227. The Bertz CT molecular complexity index is 391. The zero-order valence-electron chi connectivity index (χ0n) is 9.24. The Labute approximate surface area is 93.8 Å². The van der Waals surface area contributed by atoms with Crippen LogP contribution in [0.2, 0.25) is 0 Å². The molecule has 0 heterocycles. The van der Waals surface area contributed by atoms with E-state index in [1.54, 1.807) is 24.3 Å². The lowest BCUT2D eigenvalue weighted by Crippen LogP contribution is -2.24. The fourth-order valence-corrected chi connectivity index (χ4v) is 1.21. The summed E-state index contributed by atoms with van der Waals surface area (Å²) >= 11 is 0. The van der Waals surface area contributed by atoms with Crippen LogP contribution < -0.4 is 10.6 Å². The molecule has 0 atom stereocenters. The first-order valence-electron chi connectivity index (χ1n) is 4.91. The molecule has 1 aromatic carbocycles. The smallest absolute Gasteiger partial charge is 0.411 e. The summed E-state index contributed by atoms with van der Waals surface area (Å²) in [6.07, 6.45) is -0.600. The van der Waals surface area contributed by atoms with Crippen molar-refractivity contribution in [1.82, 2.24) is 5.32 Å². The van der Waals surface area contributed by atoms with E-state index in [2.05, 4.69) is 15.4 Å². The number of anilines is 1. The third-order valence-electron chi connectivity index (χ3n) is 1.93. The van der Waals surface area contributed by atoms with Gasteiger partial charge >= 0.3 is 6.09 Å². The van der Waals surface area contributed by atoms with Crippen LogP contribution in [0.5, 0.6) is 0 Å². The van der Waals surface area contributed by atoms with Crippen molar-refractivity contribution in [2.45, 2.75) is 6.92 Å². The SMILES string of the molecule is CCNC(=O)c1ccccc1NC(=O)OC. The maximum Gasteiger partial charge on any atom is 0.411 e. The molecule has 0 aromatic heterocycles. The molecule has 0 unspecified atom stereocenters. The highest BCUT2D eigenvalue weighted by Crippen LogP contribution is 2.14. The second-order valence-corrected chi connectivity index (χ2v) is 3.02. The van der Waals surface area contributed by atoms with Crippen molar-refractivity contribution in [2.75, 3.05) is 19.0 Å². The first-order chi connectivity index (χ1) is 7.69. The summed E-state index contributed by atoms with van der Waals surface area (Å²) in [7, 11) is 1.27. The highest BCUT2D eigenvalue weighted by Gasteiger charge is 2.11. The van der Waals surface area contributed by atoms with Crippen LogP contribution >= 0.6 is 0 Å². The molecule has 0 aliphatic rings. The van der Waals surface area contributed by atoms with E-state index in [1.165, 1.54) is 7.11 Å². The monoisotopic (exact) mass is 222 g/mol. The van der Waals surface area contributed by atoms with E-state index in [-0.39, 0.29) is 5.91 Å². The maximum atomic E-state index is 11.6. The fraction of sp³-hybridized carbons (Fsp3) is 0.273. The highest BCUT2D eigenvalue weighted by molar-refractivity contribution is 6.02. The van der Waals surface area contributed by atoms with Crippen LogP contribution in [-0.4, -0.2) is 25.7 Å². The molecule has 0 bridgehead atoms. The van der Waals surface area contributed by atoms with Gasteiger partial charge in [-0.1, -0.05) is 12.1 Å². The van der Waals surface area contributed by atoms with Gasteiger partial charge in [-0.3, -0.25) is 10.1 Å². The predicted octanol–water partition coefficient (Wildman–Crippen LogP) is 1.61. The number of carbonyl (C=O) groups excluding carboxylic acids is 2. The Morgan fingerprint density at radius 1 is 1.31 bits per heavy atom. The van der Waals surface area contributed by atoms with Gasteiger partial charge in [0.25, 0.3) is 5.91 Å². The molecule has 0 aliphatic heterocycles. The molecule has 86 valence electrons. The van der Waals surface area contributed by atoms with Crippen molar-refractivity contribution in [3.8, 4) is 0 Å². The molecule has 2 amide bonds. The van der Waals surface area contributed by atoms with E-state index in [0.29, 0.717) is 17.8 Å². The van der Waals surface area contributed by atoms with E-state index < -0.39 is 6.09 Å². The molecule has 5 heteroatoms.